The van der Waals surface area contributed by atoms with Gasteiger partial charge in [-0.25, -0.2) is 15.0 Å². The number of fused-ring (bicyclic) bond motifs is 6. The largest absolute Gasteiger partial charge is 0.308 e. The van der Waals surface area contributed by atoms with E-state index in [0.717, 1.165) is 105 Å². The topological polar surface area (TPSA) is 72.3 Å². The van der Waals surface area contributed by atoms with Crippen molar-refractivity contribution in [2.75, 3.05) is 0 Å². The molecule has 13 rings (SSSR count). The number of nitrogens with zero attached hydrogens (tertiary/aromatic N) is 6. The second-order valence-electron chi connectivity index (χ2n) is 17.5. The zero-order valence-corrected chi connectivity index (χ0v) is 37.8. The summed E-state index contributed by atoms with van der Waals surface area (Å²) in [5.74, 6) is 1.70. The van der Waals surface area contributed by atoms with Gasteiger partial charge in [-0.1, -0.05) is 188 Å². The minimum atomic E-state index is 0.538. The quantitative estimate of drug-likeness (QED) is 0.152. The SMILES string of the molecule is N#Cc1c(-c2ccc(-c3nc(-c4ccccc4)nc(-c4ccccc4)n3)c(-n3c4ccccc4c4cc(-c5ccccc5)ccc43)c2)cccc1-n1c2ccccc2c2cc(-c3ccccc3)ccc21. The van der Waals surface area contributed by atoms with E-state index < -0.39 is 0 Å². The van der Waals surface area contributed by atoms with Gasteiger partial charge in [-0.15, -0.1) is 0 Å². The van der Waals surface area contributed by atoms with Crippen LogP contribution in [0.25, 0.3) is 123 Å². The average molecular weight is 893 g/mol. The summed E-state index contributed by atoms with van der Waals surface area (Å²) in [7, 11) is 0. The van der Waals surface area contributed by atoms with Crippen LogP contribution in [-0.4, -0.2) is 24.1 Å². The summed E-state index contributed by atoms with van der Waals surface area (Å²) < 4.78 is 4.58. The fourth-order valence-electron chi connectivity index (χ4n) is 10.2. The third-order valence-electron chi connectivity index (χ3n) is 13.4. The predicted octanol–water partition coefficient (Wildman–Crippen LogP) is 15.9. The monoisotopic (exact) mass is 892 g/mol. The lowest BCUT2D eigenvalue weighted by Crippen LogP contribution is -2.04. The molecule has 0 bridgehead atoms. The van der Waals surface area contributed by atoms with E-state index in [1.54, 1.807) is 0 Å². The smallest absolute Gasteiger partial charge is 0.166 e. The van der Waals surface area contributed by atoms with Crippen molar-refractivity contribution in [2.45, 2.75) is 0 Å². The van der Waals surface area contributed by atoms with Gasteiger partial charge in [0.2, 0.25) is 0 Å². The molecule has 3 heterocycles. The first-order chi connectivity index (χ1) is 34.7. The summed E-state index contributed by atoms with van der Waals surface area (Å²) in [6.45, 7) is 0. The van der Waals surface area contributed by atoms with E-state index in [2.05, 4.69) is 185 Å². The third-order valence-corrected chi connectivity index (χ3v) is 13.4. The molecule has 0 unspecified atom stereocenters. The molecule has 0 atom stereocenters. The molecule has 0 saturated heterocycles. The standard InChI is InChI=1S/C64H40N6/c65-41-55-49(28-17-31-58(55)69-56-29-15-13-26-50(56)53-38-46(33-36-59(53)69)42-18-5-1-6-19-42)48-32-35-52(64-67-62(44-22-9-3-10-23-44)66-63(68-64)45-24-11-4-12-25-45)61(40-48)70-57-30-16-14-27-51(57)54-39-47(34-37-60(54)70)43-20-7-2-8-21-43/h1-40H. The van der Waals surface area contributed by atoms with Gasteiger partial charge in [-0.3, -0.25) is 0 Å². The number of para-hydroxylation sites is 2. The molecule has 70 heavy (non-hydrogen) atoms. The van der Waals surface area contributed by atoms with Crippen LogP contribution in [0.3, 0.4) is 0 Å². The van der Waals surface area contributed by atoms with E-state index >= 15 is 0 Å². The zero-order chi connectivity index (χ0) is 46.5. The maximum Gasteiger partial charge on any atom is 0.166 e. The first-order valence-corrected chi connectivity index (χ1v) is 23.4. The fourth-order valence-corrected chi connectivity index (χ4v) is 10.2. The molecule has 6 heteroatoms. The Morgan fingerprint density at radius 2 is 0.714 bits per heavy atom. The highest BCUT2D eigenvalue weighted by molar-refractivity contribution is 6.12. The predicted molar refractivity (Wildman–Crippen MR) is 286 cm³/mol. The summed E-state index contributed by atoms with van der Waals surface area (Å²) >= 11 is 0. The number of rotatable bonds is 8. The van der Waals surface area contributed by atoms with Gasteiger partial charge in [0, 0.05) is 43.8 Å². The van der Waals surface area contributed by atoms with Gasteiger partial charge >= 0.3 is 0 Å². The average Bonchev–Trinajstić information content (AvgIpc) is 3.95. The molecule has 0 amide bonds. The van der Waals surface area contributed by atoms with Crippen LogP contribution < -0.4 is 0 Å². The number of nitriles is 1. The van der Waals surface area contributed by atoms with Crippen LogP contribution in [0.2, 0.25) is 0 Å². The lowest BCUT2D eigenvalue weighted by molar-refractivity contribution is 1.06. The van der Waals surface area contributed by atoms with E-state index in [4.69, 9.17) is 15.0 Å². The van der Waals surface area contributed by atoms with Gasteiger partial charge in [-0.05, 0) is 82.4 Å². The zero-order valence-electron chi connectivity index (χ0n) is 37.8. The molecule has 0 spiro atoms. The van der Waals surface area contributed by atoms with Gasteiger partial charge in [0.05, 0.1) is 39.0 Å². The molecule has 0 N–H and O–H groups in total. The Labute approximate surface area is 404 Å². The van der Waals surface area contributed by atoms with Crippen LogP contribution >= 0.6 is 0 Å². The van der Waals surface area contributed by atoms with Gasteiger partial charge < -0.3 is 9.13 Å². The summed E-state index contributed by atoms with van der Waals surface area (Å²) in [5.41, 5.74) is 15.3. The van der Waals surface area contributed by atoms with E-state index in [0.29, 0.717) is 23.0 Å². The molecule has 3 aromatic heterocycles. The molecule has 0 aliphatic carbocycles. The Bertz CT molecular complexity index is 4110. The van der Waals surface area contributed by atoms with E-state index in [9.17, 15) is 5.26 Å². The van der Waals surface area contributed by atoms with Crippen molar-refractivity contribution in [3.8, 4) is 85.0 Å². The highest BCUT2D eigenvalue weighted by Crippen LogP contribution is 2.42. The highest BCUT2D eigenvalue weighted by atomic mass is 15.1. The Morgan fingerprint density at radius 3 is 1.23 bits per heavy atom. The van der Waals surface area contributed by atoms with Crippen molar-refractivity contribution in [1.82, 2.24) is 24.1 Å². The van der Waals surface area contributed by atoms with Crippen molar-refractivity contribution >= 4 is 43.6 Å². The van der Waals surface area contributed by atoms with E-state index in [1.165, 1.54) is 0 Å². The summed E-state index contributed by atoms with van der Waals surface area (Å²) in [6.07, 6.45) is 0. The van der Waals surface area contributed by atoms with Crippen molar-refractivity contribution in [2.24, 2.45) is 0 Å². The van der Waals surface area contributed by atoms with Crippen LogP contribution in [0.5, 0.6) is 0 Å². The Balaban J connectivity index is 1.06. The third kappa shape index (κ3) is 6.84. The summed E-state index contributed by atoms with van der Waals surface area (Å²) in [6, 6.07) is 86.8. The normalized spacial score (nSPS) is 11.4. The molecule has 13 aromatic rings. The number of hydrogen-bond donors (Lipinski definition) is 0. The van der Waals surface area contributed by atoms with Crippen LogP contribution in [-0.2, 0) is 0 Å². The maximum atomic E-state index is 11.4. The van der Waals surface area contributed by atoms with Gasteiger partial charge in [-0.2, -0.15) is 5.26 Å². The molecule has 326 valence electrons. The molecule has 0 radical (unpaired) electrons. The molecular weight excluding hydrogens is 853 g/mol. The fraction of sp³-hybridized carbons (Fsp3) is 0. The number of benzene rings is 10. The van der Waals surface area contributed by atoms with Crippen LogP contribution in [0.4, 0.5) is 0 Å². The van der Waals surface area contributed by atoms with Crippen LogP contribution in [0.1, 0.15) is 5.56 Å². The van der Waals surface area contributed by atoms with Gasteiger partial charge in [0.15, 0.2) is 17.5 Å². The van der Waals surface area contributed by atoms with E-state index in [1.807, 2.05) is 72.8 Å². The molecule has 0 fully saturated rings. The van der Waals surface area contributed by atoms with Crippen molar-refractivity contribution in [3.63, 3.8) is 0 Å². The molecule has 0 saturated carbocycles. The molecule has 0 aliphatic heterocycles. The Kier molecular flexibility index (Phi) is 9.78. The first-order valence-electron chi connectivity index (χ1n) is 23.4. The van der Waals surface area contributed by atoms with Crippen molar-refractivity contribution < 1.29 is 0 Å². The minimum Gasteiger partial charge on any atom is -0.308 e. The second-order valence-corrected chi connectivity index (χ2v) is 17.5. The lowest BCUT2D eigenvalue weighted by atomic mass is 9.96. The molecule has 0 aliphatic rings. The van der Waals surface area contributed by atoms with Crippen molar-refractivity contribution in [1.29, 1.82) is 5.26 Å². The maximum absolute atomic E-state index is 11.4. The van der Waals surface area contributed by atoms with Gasteiger partial charge in [0.1, 0.15) is 6.07 Å². The first kappa shape index (κ1) is 40.6. The molecular formula is C64H40N6. The molecule has 10 aromatic carbocycles. The number of hydrogen-bond acceptors (Lipinski definition) is 4. The summed E-state index contributed by atoms with van der Waals surface area (Å²) in [5, 5.41) is 15.9. The molecule has 6 nitrogen and oxygen atoms in total. The van der Waals surface area contributed by atoms with E-state index in [-0.39, 0.29) is 0 Å². The second kappa shape index (κ2) is 16.9. The van der Waals surface area contributed by atoms with Crippen molar-refractivity contribution in [3.05, 3.63) is 248 Å². The highest BCUT2D eigenvalue weighted by Gasteiger charge is 2.23. The lowest BCUT2D eigenvalue weighted by Gasteiger charge is -2.18. The Hall–Kier alpha value is -9.70. The summed E-state index contributed by atoms with van der Waals surface area (Å²) in [4.78, 5) is 15.6. The van der Waals surface area contributed by atoms with Crippen LogP contribution in [0.15, 0.2) is 243 Å². The van der Waals surface area contributed by atoms with Gasteiger partial charge in [0.25, 0.3) is 0 Å². The number of aromatic nitrogens is 5. The Morgan fingerprint density at radius 1 is 0.286 bits per heavy atom. The minimum absolute atomic E-state index is 0.538. The van der Waals surface area contributed by atoms with Crippen LogP contribution in [0, 0.1) is 11.3 Å².